The molecule has 2 aliphatic rings. The van der Waals surface area contributed by atoms with Crippen molar-refractivity contribution < 1.29 is 4.79 Å². The maximum absolute atomic E-state index is 13.0. The Balaban J connectivity index is 1.51. The summed E-state index contributed by atoms with van der Waals surface area (Å²) in [5, 5.41) is 3.28. The van der Waals surface area contributed by atoms with Gasteiger partial charge in [-0.3, -0.25) is 9.88 Å². The normalized spacial score (nSPS) is 26.1. The molecule has 2 heterocycles. The van der Waals surface area contributed by atoms with Gasteiger partial charge in [0.25, 0.3) is 0 Å². The van der Waals surface area contributed by atoms with Gasteiger partial charge in [0.05, 0.1) is 29.7 Å². The number of urea groups is 1. The number of nitrogens with one attached hydrogen (secondary N) is 1. The van der Waals surface area contributed by atoms with E-state index < -0.39 is 0 Å². The molecule has 2 amide bonds. The van der Waals surface area contributed by atoms with E-state index in [1.807, 2.05) is 11.1 Å². The minimum Gasteiger partial charge on any atom is -0.330 e. The van der Waals surface area contributed by atoms with Gasteiger partial charge in [-0.2, -0.15) is 0 Å². The van der Waals surface area contributed by atoms with Crippen LogP contribution in [0.15, 0.2) is 42.6 Å². The fourth-order valence-corrected chi connectivity index (χ4v) is 5.48. The summed E-state index contributed by atoms with van der Waals surface area (Å²) < 4.78 is 0. The number of aryl methyl sites for hydroxylation is 1. The van der Waals surface area contributed by atoms with Crippen molar-refractivity contribution in [2.24, 2.45) is 0 Å². The van der Waals surface area contributed by atoms with Crippen LogP contribution in [0.2, 0.25) is 0 Å². The van der Waals surface area contributed by atoms with Gasteiger partial charge in [0.1, 0.15) is 0 Å². The summed E-state index contributed by atoms with van der Waals surface area (Å²) in [7, 11) is 7.24. The van der Waals surface area contributed by atoms with Crippen LogP contribution in [0.3, 0.4) is 0 Å². The zero-order valence-electron chi connectivity index (χ0n) is 20.1. The van der Waals surface area contributed by atoms with Crippen molar-refractivity contribution in [1.82, 2.24) is 15.2 Å². The molecule has 2 aromatic rings. The number of benzene rings is 1. The fraction of sp³-hybridized carbons (Fsp3) is 0.538. The first kappa shape index (κ1) is 23.2. The minimum absolute atomic E-state index is 0.00759. The van der Waals surface area contributed by atoms with Crippen LogP contribution >= 0.6 is 9.24 Å². The van der Waals surface area contributed by atoms with Crippen molar-refractivity contribution in [2.75, 3.05) is 25.5 Å². The molecule has 1 aliphatic carbocycles. The lowest BCUT2D eigenvalue weighted by Crippen LogP contribution is -2.56. The number of nitrogens with zero attached hydrogens (tertiary/aromatic N) is 3. The number of amides is 2. The van der Waals surface area contributed by atoms with Crippen LogP contribution in [0.4, 0.5) is 10.5 Å². The van der Waals surface area contributed by atoms with Crippen molar-refractivity contribution >= 4 is 21.0 Å². The summed E-state index contributed by atoms with van der Waals surface area (Å²) >= 11 is 0. The number of hydrogen-bond donors (Lipinski definition) is 1. The predicted molar refractivity (Wildman–Crippen MR) is 135 cm³/mol. The van der Waals surface area contributed by atoms with Gasteiger partial charge in [-0.15, -0.1) is 9.24 Å². The number of anilines is 1. The van der Waals surface area contributed by atoms with E-state index in [0.717, 1.165) is 49.0 Å². The largest absolute Gasteiger partial charge is 0.330 e. The number of pyridine rings is 1. The Labute approximate surface area is 195 Å². The lowest BCUT2D eigenvalue weighted by Gasteiger charge is -2.48. The van der Waals surface area contributed by atoms with Crippen LogP contribution in [0, 0.1) is 6.92 Å². The quantitative estimate of drug-likeness (QED) is 0.658. The zero-order chi connectivity index (χ0) is 23.1. The smallest absolute Gasteiger partial charge is 0.322 e. The van der Waals surface area contributed by atoms with Gasteiger partial charge in [-0.05, 0) is 70.3 Å². The molecule has 1 unspecified atom stereocenters. The van der Waals surface area contributed by atoms with E-state index in [1.165, 1.54) is 5.56 Å². The maximum atomic E-state index is 13.0. The molecule has 1 aliphatic heterocycles. The highest BCUT2D eigenvalue weighted by Crippen LogP contribution is 2.43. The van der Waals surface area contributed by atoms with Gasteiger partial charge in [-0.25, -0.2) is 4.79 Å². The van der Waals surface area contributed by atoms with E-state index in [2.05, 4.69) is 95.7 Å². The highest BCUT2D eigenvalue weighted by atomic mass is 31.0. The molecule has 4 rings (SSSR count). The van der Waals surface area contributed by atoms with Gasteiger partial charge in [0, 0.05) is 10.7 Å². The van der Waals surface area contributed by atoms with Gasteiger partial charge in [-0.1, -0.05) is 44.2 Å². The Hall–Kier alpha value is -1.97. The standard InChI is InChI=1S/C26H37N4OP/c1-19-15-22(24(2,3)32)27-17-21(19)30-18-25(28-23(30)31)11-13-26(14-12-25,29(4)5)16-20-9-7-6-8-10-20/h6-10,15,17H,11-14,16,18,32H2,1-5H3,(H,28,31). The van der Waals surface area contributed by atoms with Crippen LogP contribution in [0.1, 0.15) is 56.4 Å². The predicted octanol–water partition coefficient (Wildman–Crippen LogP) is 4.89. The summed E-state index contributed by atoms with van der Waals surface area (Å²) in [6.07, 6.45) is 7.04. The third-order valence-corrected chi connectivity index (χ3v) is 7.87. The van der Waals surface area contributed by atoms with E-state index in [-0.39, 0.29) is 22.3 Å². The Morgan fingerprint density at radius 3 is 2.38 bits per heavy atom. The van der Waals surface area contributed by atoms with Crippen LogP contribution in [0.25, 0.3) is 0 Å². The number of carbonyl (C=O) groups is 1. The molecular formula is C26H37N4OP. The average molecular weight is 453 g/mol. The van der Waals surface area contributed by atoms with Crippen LogP contribution in [0.5, 0.6) is 0 Å². The Bertz CT molecular complexity index is 975. The molecule has 1 N–H and O–H groups in total. The van der Waals surface area contributed by atoms with E-state index >= 15 is 0 Å². The third-order valence-electron chi connectivity index (χ3n) is 7.57. The highest BCUT2D eigenvalue weighted by molar-refractivity contribution is 7.18. The van der Waals surface area contributed by atoms with Crippen molar-refractivity contribution in [1.29, 1.82) is 0 Å². The van der Waals surface area contributed by atoms with E-state index in [1.54, 1.807) is 0 Å². The first-order chi connectivity index (χ1) is 15.0. The summed E-state index contributed by atoms with van der Waals surface area (Å²) in [6, 6.07) is 12.9. The molecule has 0 bridgehead atoms. The molecule has 1 saturated heterocycles. The van der Waals surface area contributed by atoms with E-state index in [0.29, 0.717) is 6.54 Å². The molecule has 1 spiro atoms. The second-order valence-corrected chi connectivity index (χ2v) is 12.1. The second-order valence-electron chi connectivity index (χ2n) is 10.7. The van der Waals surface area contributed by atoms with E-state index in [9.17, 15) is 4.79 Å². The lowest BCUT2D eigenvalue weighted by atomic mass is 9.69. The SMILES string of the molecule is Cc1cc(C(C)(C)P)ncc1N1CC2(CCC(Cc3ccccc3)(N(C)C)CC2)NC1=O. The average Bonchev–Trinajstić information content (AvgIpc) is 3.05. The maximum Gasteiger partial charge on any atom is 0.322 e. The molecule has 1 atom stereocenters. The molecule has 172 valence electrons. The molecule has 1 aromatic heterocycles. The summed E-state index contributed by atoms with van der Waals surface area (Å²) in [6.45, 7) is 7.05. The van der Waals surface area contributed by atoms with Crippen LogP contribution in [-0.2, 0) is 11.6 Å². The number of rotatable bonds is 5. The summed E-state index contributed by atoms with van der Waals surface area (Å²) in [5.74, 6) is 0. The van der Waals surface area contributed by atoms with Gasteiger partial charge >= 0.3 is 6.03 Å². The van der Waals surface area contributed by atoms with Gasteiger partial charge in [0.2, 0.25) is 0 Å². The Morgan fingerprint density at radius 1 is 1.16 bits per heavy atom. The zero-order valence-corrected chi connectivity index (χ0v) is 21.3. The monoisotopic (exact) mass is 452 g/mol. The fourth-order valence-electron chi connectivity index (χ4n) is 5.32. The number of carbonyl (C=O) groups excluding carboxylic acids is 1. The van der Waals surface area contributed by atoms with Crippen LogP contribution < -0.4 is 10.2 Å². The number of likely N-dealkylation sites (N-methyl/N-ethyl adjacent to an activating group) is 1. The summed E-state index contributed by atoms with van der Waals surface area (Å²) in [5.41, 5.74) is 4.40. The van der Waals surface area contributed by atoms with Crippen molar-refractivity contribution in [2.45, 2.75) is 69.1 Å². The number of aromatic nitrogens is 1. The molecular weight excluding hydrogens is 415 g/mol. The topological polar surface area (TPSA) is 48.5 Å². The third kappa shape index (κ3) is 4.43. The molecule has 5 nitrogen and oxygen atoms in total. The van der Waals surface area contributed by atoms with Gasteiger partial charge < -0.3 is 10.2 Å². The Kier molecular flexibility index (Phi) is 6.11. The second kappa shape index (κ2) is 8.43. The molecule has 1 aromatic carbocycles. The first-order valence-electron chi connectivity index (χ1n) is 11.6. The van der Waals surface area contributed by atoms with Crippen molar-refractivity contribution in [3.63, 3.8) is 0 Å². The van der Waals surface area contributed by atoms with Crippen molar-refractivity contribution in [3.8, 4) is 0 Å². The minimum atomic E-state index is -0.154. The van der Waals surface area contributed by atoms with Crippen molar-refractivity contribution in [3.05, 3.63) is 59.4 Å². The lowest BCUT2D eigenvalue weighted by molar-refractivity contribution is 0.0680. The van der Waals surface area contributed by atoms with E-state index in [4.69, 9.17) is 0 Å². The molecule has 1 saturated carbocycles. The molecule has 0 radical (unpaired) electrons. The molecule has 6 heteroatoms. The molecule has 32 heavy (non-hydrogen) atoms. The van der Waals surface area contributed by atoms with Gasteiger partial charge in [0.15, 0.2) is 0 Å². The molecule has 2 fully saturated rings. The Morgan fingerprint density at radius 2 is 1.81 bits per heavy atom. The summed E-state index contributed by atoms with van der Waals surface area (Å²) in [4.78, 5) is 22.0. The first-order valence-corrected chi connectivity index (χ1v) is 12.2. The number of hydrogen-bond acceptors (Lipinski definition) is 3. The van der Waals surface area contributed by atoms with Crippen LogP contribution in [-0.4, -0.2) is 47.6 Å². The highest BCUT2D eigenvalue weighted by Gasteiger charge is 2.50.